The topological polar surface area (TPSA) is 60.2 Å². The van der Waals surface area contributed by atoms with E-state index in [0.717, 1.165) is 30.3 Å². The lowest BCUT2D eigenvalue weighted by molar-refractivity contribution is 0.317. The zero-order valence-corrected chi connectivity index (χ0v) is 10.4. The van der Waals surface area contributed by atoms with Gasteiger partial charge in [0.25, 0.3) is 0 Å². The van der Waals surface area contributed by atoms with E-state index in [1.165, 1.54) is 0 Å². The molecule has 0 fully saturated rings. The SMILES string of the molecule is CCCOc1ccc(Nc2cccc(N)n2)cc1. The first kappa shape index (κ1) is 12.2. The van der Waals surface area contributed by atoms with Crippen LogP contribution in [0.5, 0.6) is 5.75 Å². The molecule has 0 unspecified atom stereocenters. The van der Waals surface area contributed by atoms with Crippen molar-refractivity contribution in [2.24, 2.45) is 0 Å². The molecule has 0 amide bonds. The maximum atomic E-state index is 5.62. The van der Waals surface area contributed by atoms with Gasteiger partial charge < -0.3 is 15.8 Å². The number of rotatable bonds is 5. The number of nitrogens with zero attached hydrogens (tertiary/aromatic N) is 1. The van der Waals surface area contributed by atoms with Crippen molar-refractivity contribution in [1.82, 2.24) is 4.98 Å². The zero-order valence-electron chi connectivity index (χ0n) is 10.4. The molecule has 0 aliphatic carbocycles. The van der Waals surface area contributed by atoms with Gasteiger partial charge in [0.15, 0.2) is 0 Å². The Balaban J connectivity index is 2.02. The molecule has 18 heavy (non-hydrogen) atoms. The summed E-state index contributed by atoms with van der Waals surface area (Å²) in [7, 11) is 0. The molecule has 4 nitrogen and oxygen atoms in total. The van der Waals surface area contributed by atoms with Gasteiger partial charge in [0, 0.05) is 5.69 Å². The molecule has 94 valence electrons. The Bertz CT molecular complexity index is 497. The standard InChI is InChI=1S/C14H17N3O/c1-2-10-18-12-8-6-11(7-9-12)16-14-5-3-4-13(15)17-14/h3-9H,2,10H2,1H3,(H3,15,16,17). The van der Waals surface area contributed by atoms with Gasteiger partial charge in [-0.2, -0.15) is 0 Å². The third-order valence-electron chi connectivity index (χ3n) is 2.37. The van der Waals surface area contributed by atoms with Gasteiger partial charge in [-0.3, -0.25) is 0 Å². The summed E-state index contributed by atoms with van der Waals surface area (Å²) < 4.78 is 5.52. The summed E-state index contributed by atoms with van der Waals surface area (Å²) >= 11 is 0. The first-order valence-electron chi connectivity index (χ1n) is 6.00. The van der Waals surface area contributed by atoms with Gasteiger partial charge in [-0.15, -0.1) is 0 Å². The van der Waals surface area contributed by atoms with Crippen LogP contribution in [0.25, 0.3) is 0 Å². The van der Waals surface area contributed by atoms with Crippen LogP contribution in [0.1, 0.15) is 13.3 Å². The molecule has 4 heteroatoms. The predicted octanol–water partition coefficient (Wildman–Crippen LogP) is 3.20. The van der Waals surface area contributed by atoms with Crippen LogP contribution in [0.3, 0.4) is 0 Å². The molecule has 3 N–H and O–H groups in total. The Hall–Kier alpha value is -2.23. The lowest BCUT2D eigenvalue weighted by Crippen LogP contribution is -1.97. The summed E-state index contributed by atoms with van der Waals surface area (Å²) in [5.41, 5.74) is 6.58. The van der Waals surface area contributed by atoms with E-state index in [4.69, 9.17) is 10.5 Å². The highest BCUT2D eigenvalue weighted by Gasteiger charge is 1.97. The fourth-order valence-corrected chi connectivity index (χ4v) is 1.52. The molecule has 0 aliphatic heterocycles. The highest BCUT2D eigenvalue weighted by molar-refractivity contribution is 5.58. The first-order valence-corrected chi connectivity index (χ1v) is 6.00. The summed E-state index contributed by atoms with van der Waals surface area (Å²) in [5.74, 6) is 2.11. The molecular weight excluding hydrogens is 226 g/mol. The van der Waals surface area contributed by atoms with E-state index in [-0.39, 0.29) is 0 Å². The third kappa shape index (κ3) is 3.38. The van der Waals surface area contributed by atoms with Crippen molar-refractivity contribution in [2.45, 2.75) is 13.3 Å². The maximum absolute atomic E-state index is 5.62. The minimum atomic E-state index is 0.503. The smallest absolute Gasteiger partial charge is 0.132 e. The molecule has 0 aliphatic rings. The van der Waals surface area contributed by atoms with Gasteiger partial charge in [0.1, 0.15) is 17.4 Å². The number of nitrogens with two attached hydrogens (primary N) is 1. The number of benzene rings is 1. The van der Waals surface area contributed by atoms with Crippen LogP contribution >= 0.6 is 0 Å². The predicted molar refractivity (Wildman–Crippen MR) is 74.2 cm³/mol. The number of pyridine rings is 1. The summed E-state index contributed by atoms with van der Waals surface area (Å²) in [4.78, 5) is 4.18. The van der Waals surface area contributed by atoms with E-state index in [1.807, 2.05) is 36.4 Å². The van der Waals surface area contributed by atoms with Crippen molar-refractivity contribution in [1.29, 1.82) is 0 Å². The second-order valence-corrected chi connectivity index (χ2v) is 3.95. The van der Waals surface area contributed by atoms with Crippen LogP contribution in [0, 0.1) is 0 Å². The highest BCUT2D eigenvalue weighted by atomic mass is 16.5. The van der Waals surface area contributed by atoms with Gasteiger partial charge in [0.2, 0.25) is 0 Å². The van der Waals surface area contributed by atoms with Gasteiger partial charge in [-0.05, 0) is 42.8 Å². The van der Waals surface area contributed by atoms with Crippen molar-refractivity contribution in [3.05, 3.63) is 42.5 Å². The lowest BCUT2D eigenvalue weighted by Gasteiger charge is -2.08. The molecule has 0 spiro atoms. The van der Waals surface area contributed by atoms with E-state index in [9.17, 15) is 0 Å². The summed E-state index contributed by atoms with van der Waals surface area (Å²) in [6.07, 6.45) is 1.01. The molecule has 0 saturated heterocycles. The van der Waals surface area contributed by atoms with Crippen molar-refractivity contribution >= 4 is 17.3 Å². The first-order chi connectivity index (χ1) is 8.78. The number of anilines is 3. The fourth-order valence-electron chi connectivity index (χ4n) is 1.52. The fraction of sp³-hybridized carbons (Fsp3) is 0.214. The number of aromatic nitrogens is 1. The Morgan fingerprint density at radius 1 is 1.17 bits per heavy atom. The molecule has 0 bridgehead atoms. The maximum Gasteiger partial charge on any atom is 0.132 e. The molecule has 0 radical (unpaired) electrons. The van der Waals surface area contributed by atoms with Gasteiger partial charge >= 0.3 is 0 Å². The van der Waals surface area contributed by atoms with Crippen LogP contribution in [-0.4, -0.2) is 11.6 Å². The number of nitrogens with one attached hydrogen (secondary N) is 1. The van der Waals surface area contributed by atoms with E-state index in [0.29, 0.717) is 5.82 Å². The highest BCUT2D eigenvalue weighted by Crippen LogP contribution is 2.19. The van der Waals surface area contributed by atoms with Crippen LogP contribution in [0.4, 0.5) is 17.3 Å². The molecule has 2 aromatic rings. The lowest BCUT2D eigenvalue weighted by atomic mass is 10.3. The van der Waals surface area contributed by atoms with E-state index >= 15 is 0 Å². The largest absolute Gasteiger partial charge is 0.494 e. The molecule has 1 aromatic heterocycles. The minimum absolute atomic E-state index is 0.503. The van der Waals surface area contributed by atoms with Crippen LogP contribution in [0.15, 0.2) is 42.5 Å². The molecule has 2 rings (SSSR count). The van der Waals surface area contributed by atoms with Crippen LogP contribution in [0.2, 0.25) is 0 Å². The third-order valence-corrected chi connectivity index (χ3v) is 2.37. The van der Waals surface area contributed by atoms with Crippen molar-refractivity contribution in [2.75, 3.05) is 17.7 Å². The van der Waals surface area contributed by atoms with Crippen molar-refractivity contribution < 1.29 is 4.74 Å². The van der Waals surface area contributed by atoms with Gasteiger partial charge in [-0.25, -0.2) is 4.98 Å². The Morgan fingerprint density at radius 3 is 2.61 bits per heavy atom. The van der Waals surface area contributed by atoms with Gasteiger partial charge in [0.05, 0.1) is 6.61 Å². The quantitative estimate of drug-likeness (QED) is 0.846. The molecule has 1 heterocycles. The van der Waals surface area contributed by atoms with Crippen molar-refractivity contribution in [3.63, 3.8) is 0 Å². The molecule has 0 saturated carbocycles. The van der Waals surface area contributed by atoms with E-state index < -0.39 is 0 Å². The zero-order chi connectivity index (χ0) is 12.8. The molecular formula is C14H17N3O. The average Bonchev–Trinajstić information content (AvgIpc) is 2.38. The van der Waals surface area contributed by atoms with E-state index in [2.05, 4.69) is 17.2 Å². The summed E-state index contributed by atoms with van der Waals surface area (Å²) in [5, 5.41) is 3.18. The summed E-state index contributed by atoms with van der Waals surface area (Å²) in [6.45, 7) is 2.82. The van der Waals surface area contributed by atoms with Crippen LogP contribution in [-0.2, 0) is 0 Å². The monoisotopic (exact) mass is 243 g/mol. The number of nitrogen functional groups attached to an aromatic ring is 1. The summed E-state index contributed by atoms with van der Waals surface area (Å²) in [6, 6.07) is 13.3. The normalized spacial score (nSPS) is 10.1. The Morgan fingerprint density at radius 2 is 1.94 bits per heavy atom. The Kier molecular flexibility index (Phi) is 4.02. The van der Waals surface area contributed by atoms with Gasteiger partial charge in [-0.1, -0.05) is 13.0 Å². The molecule has 0 atom stereocenters. The second kappa shape index (κ2) is 5.91. The Labute approximate surface area is 107 Å². The van der Waals surface area contributed by atoms with Crippen LogP contribution < -0.4 is 15.8 Å². The van der Waals surface area contributed by atoms with E-state index in [1.54, 1.807) is 6.07 Å². The minimum Gasteiger partial charge on any atom is -0.494 e. The number of hydrogen-bond donors (Lipinski definition) is 2. The number of hydrogen-bond acceptors (Lipinski definition) is 4. The van der Waals surface area contributed by atoms with Crippen molar-refractivity contribution in [3.8, 4) is 5.75 Å². The average molecular weight is 243 g/mol. The second-order valence-electron chi connectivity index (χ2n) is 3.95. The molecule has 1 aromatic carbocycles. The number of ether oxygens (including phenoxy) is 1.